The van der Waals surface area contributed by atoms with E-state index in [2.05, 4.69) is 31.1 Å². The highest BCUT2D eigenvalue weighted by Crippen LogP contribution is 2.31. The maximum atomic E-state index is 12.9. The van der Waals surface area contributed by atoms with Gasteiger partial charge in [0, 0.05) is 31.3 Å². The molecule has 0 aliphatic carbocycles. The molecule has 1 atom stereocenters. The van der Waals surface area contributed by atoms with Gasteiger partial charge in [0.15, 0.2) is 5.82 Å². The monoisotopic (exact) mass is 491 g/mol. The molecule has 1 saturated heterocycles. The van der Waals surface area contributed by atoms with Crippen LogP contribution >= 0.6 is 0 Å². The molecule has 1 aliphatic rings. The van der Waals surface area contributed by atoms with Crippen LogP contribution in [0, 0.1) is 0 Å². The Morgan fingerprint density at radius 3 is 2.64 bits per heavy atom. The van der Waals surface area contributed by atoms with Crippen molar-refractivity contribution in [3.63, 3.8) is 0 Å². The Kier molecular flexibility index (Phi) is 7.23. The van der Waals surface area contributed by atoms with Gasteiger partial charge in [0.2, 0.25) is 5.91 Å². The Morgan fingerprint density at radius 2 is 1.92 bits per heavy atom. The number of nitrogens with zero attached hydrogens (tertiary/aromatic N) is 3. The van der Waals surface area contributed by atoms with Crippen LogP contribution in [0.5, 0.6) is 5.75 Å². The minimum absolute atomic E-state index is 0.160. The lowest BCUT2D eigenvalue weighted by Gasteiger charge is -2.34. The Hall–Kier alpha value is -4.74. The molecule has 186 valence electrons. The maximum Gasteiger partial charge on any atom is 0.313 e. The molecule has 0 spiro atoms. The van der Waals surface area contributed by atoms with Gasteiger partial charge in [-0.1, -0.05) is 0 Å². The van der Waals surface area contributed by atoms with Crippen LogP contribution in [0.2, 0.25) is 0 Å². The fourth-order valence-corrected chi connectivity index (χ4v) is 3.98. The van der Waals surface area contributed by atoms with E-state index in [1.807, 2.05) is 0 Å². The van der Waals surface area contributed by atoms with Gasteiger partial charge in [0.1, 0.15) is 5.75 Å². The van der Waals surface area contributed by atoms with Crippen molar-refractivity contribution in [2.75, 3.05) is 22.5 Å². The second-order valence-electron chi connectivity index (χ2n) is 8.28. The number of phenols is 1. The van der Waals surface area contributed by atoms with E-state index in [-0.39, 0.29) is 28.7 Å². The number of hydrogen-bond donors (Lipinski definition) is 5. The van der Waals surface area contributed by atoms with E-state index >= 15 is 0 Å². The lowest BCUT2D eigenvalue weighted by Crippen LogP contribution is -2.44. The van der Waals surface area contributed by atoms with Crippen LogP contribution in [-0.2, 0) is 14.4 Å². The van der Waals surface area contributed by atoms with Crippen LogP contribution in [-0.4, -0.2) is 55.4 Å². The average Bonchev–Trinajstić information content (AvgIpc) is 3.33. The van der Waals surface area contributed by atoms with Crippen molar-refractivity contribution < 1.29 is 24.3 Å². The van der Waals surface area contributed by atoms with Gasteiger partial charge in [0.05, 0.1) is 29.3 Å². The normalized spacial score (nSPS) is 15.1. The lowest BCUT2D eigenvalue weighted by atomic mass is 9.99. The predicted molar refractivity (Wildman–Crippen MR) is 130 cm³/mol. The van der Waals surface area contributed by atoms with E-state index in [0.717, 1.165) is 12.8 Å². The van der Waals surface area contributed by atoms with Gasteiger partial charge in [-0.15, -0.1) is 0 Å². The fourth-order valence-electron chi connectivity index (χ4n) is 3.98. The molecule has 1 aromatic carbocycles. The van der Waals surface area contributed by atoms with E-state index < -0.39 is 23.8 Å². The molecule has 0 bridgehead atoms. The molecule has 12 nitrogen and oxygen atoms in total. The van der Waals surface area contributed by atoms with Crippen molar-refractivity contribution in [3.8, 4) is 5.75 Å². The van der Waals surface area contributed by atoms with Crippen LogP contribution in [0.3, 0.4) is 0 Å². The van der Waals surface area contributed by atoms with Crippen molar-refractivity contribution in [1.29, 1.82) is 0 Å². The van der Waals surface area contributed by atoms with Crippen LogP contribution < -0.4 is 16.0 Å². The van der Waals surface area contributed by atoms with Gasteiger partial charge >= 0.3 is 11.8 Å². The highest BCUT2D eigenvalue weighted by molar-refractivity contribution is 6.39. The number of hydrogen-bond acceptors (Lipinski definition) is 7. The molecule has 3 heterocycles. The van der Waals surface area contributed by atoms with E-state index in [1.165, 1.54) is 36.2 Å². The van der Waals surface area contributed by atoms with E-state index in [0.29, 0.717) is 24.3 Å². The van der Waals surface area contributed by atoms with Crippen LogP contribution in [0.1, 0.15) is 48.3 Å². The molecule has 12 heteroatoms. The molecule has 4 rings (SSSR count). The van der Waals surface area contributed by atoms with Gasteiger partial charge in [-0.25, -0.2) is 0 Å². The number of H-pyrrole nitrogens is 1. The zero-order valence-corrected chi connectivity index (χ0v) is 19.4. The molecule has 5 N–H and O–H groups in total. The summed E-state index contributed by atoms with van der Waals surface area (Å²) in [5.74, 6) is -2.33. The SMILES string of the molecule is CC(=O)Nc1ccc(C(=O)Nc2cc([C@H]3CCCCN3C(=O)C(=O)Nc3cccnc3)[nH]n2)cc1O. The Bertz CT molecular complexity index is 1290. The van der Waals surface area contributed by atoms with Gasteiger partial charge < -0.3 is 26.0 Å². The number of amides is 4. The summed E-state index contributed by atoms with van der Waals surface area (Å²) in [4.78, 5) is 54.7. The van der Waals surface area contributed by atoms with Crippen molar-refractivity contribution in [1.82, 2.24) is 20.1 Å². The number of aromatic amines is 1. The molecule has 3 aromatic rings. The minimum atomic E-state index is -0.759. The number of anilines is 3. The number of aromatic hydroxyl groups is 1. The minimum Gasteiger partial charge on any atom is -0.506 e. The standard InChI is InChI=1S/C24H25N7O5/c1-14(32)26-17-8-7-15(11-20(17)33)22(34)28-21-12-18(29-30-21)19-6-2-3-10-31(19)24(36)23(35)27-16-5-4-9-25-13-16/h4-5,7-9,11-13,19,33H,2-3,6,10H2,1H3,(H,26,32)(H,27,35)(H2,28,29,30,34)/t19-/m1/s1. The Balaban J connectivity index is 1.44. The molecular formula is C24H25N7O5. The third kappa shape index (κ3) is 5.66. The number of aromatic nitrogens is 3. The molecule has 36 heavy (non-hydrogen) atoms. The van der Waals surface area contributed by atoms with Crippen molar-refractivity contribution in [2.45, 2.75) is 32.2 Å². The van der Waals surface area contributed by atoms with Crippen LogP contribution in [0.15, 0.2) is 48.8 Å². The summed E-state index contributed by atoms with van der Waals surface area (Å²) < 4.78 is 0. The molecule has 0 unspecified atom stereocenters. The molecule has 2 aromatic heterocycles. The quantitative estimate of drug-likeness (QED) is 0.269. The topological polar surface area (TPSA) is 169 Å². The van der Waals surface area contributed by atoms with E-state index in [9.17, 15) is 24.3 Å². The summed E-state index contributed by atoms with van der Waals surface area (Å²) >= 11 is 0. The zero-order valence-electron chi connectivity index (χ0n) is 19.4. The first-order valence-electron chi connectivity index (χ1n) is 11.3. The molecule has 0 saturated carbocycles. The Morgan fingerprint density at radius 1 is 1.08 bits per heavy atom. The summed E-state index contributed by atoms with van der Waals surface area (Å²) in [6, 6.07) is 8.60. The Labute approximate surface area is 206 Å². The number of carbonyl (C=O) groups excluding carboxylic acids is 4. The number of carbonyl (C=O) groups is 4. The summed E-state index contributed by atoms with van der Waals surface area (Å²) in [7, 11) is 0. The maximum absolute atomic E-state index is 12.9. The second-order valence-corrected chi connectivity index (χ2v) is 8.28. The lowest BCUT2D eigenvalue weighted by molar-refractivity contribution is -0.146. The number of piperidine rings is 1. The number of pyridine rings is 1. The molecule has 4 amide bonds. The highest BCUT2D eigenvalue weighted by Gasteiger charge is 2.33. The smallest absolute Gasteiger partial charge is 0.313 e. The van der Waals surface area contributed by atoms with Crippen molar-refractivity contribution in [3.05, 3.63) is 60.0 Å². The molecule has 1 fully saturated rings. The summed E-state index contributed by atoms with van der Waals surface area (Å²) in [5, 5.41) is 24.7. The van der Waals surface area contributed by atoms with Crippen LogP contribution in [0.4, 0.5) is 17.2 Å². The molecular weight excluding hydrogens is 466 g/mol. The van der Waals surface area contributed by atoms with Crippen molar-refractivity contribution >= 4 is 40.8 Å². The highest BCUT2D eigenvalue weighted by atomic mass is 16.3. The number of nitrogens with one attached hydrogen (secondary N) is 4. The van der Waals surface area contributed by atoms with Gasteiger partial charge in [-0.3, -0.25) is 29.3 Å². The number of rotatable bonds is 5. The largest absolute Gasteiger partial charge is 0.506 e. The number of benzene rings is 1. The first kappa shape index (κ1) is 24.4. The van der Waals surface area contributed by atoms with Crippen molar-refractivity contribution in [2.24, 2.45) is 0 Å². The van der Waals surface area contributed by atoms with Gasteiger partial charge in [-0.05, 0) is 49.6 Å². The van der Waals surface area contributed by atoms with Gasteiger partial charge in [-0.2, -0.15) is 5.10 Å². The zero-order chi connectivity index (χ0) is 25.7. The van der Waals surface area contributed by atoms with E-state index in [1.54, 1.807) is 24.4 Å². The third-order valence-corrected chi connectivity index (χ3v) is 5.65. The first-order chi connectivity index (χ1) is 17.3. The molecule has 1 aliphatic heterocycles. The summed E-state index contributed by atoms with van der Waals surface area (Å²) in [5.41, 5.74) is 1.35. The summed E-state index contributed by atoms with van der Waals surface area (Å²) in [6.45, 7) is 1.72. The number of phenolic OH excluding ortho intramolecular Hbond substituents is 1. The first-order valence-corrected chi connectivity index (χ1v) is 11.3. The fraction of sp³-hybridized carbons (Fsp3) is 0.250. The second kappa shape index (κ2) is 10.7. The third-order valence-electron chi connectivity index (χ3n) is 5.65. The number of likely N-dealkylation sites (tertiary alicyclic amines) is 1. The van der Waals surface area contributed by atoms with Gasteiger partial charge in [0.25, 0.3) is 5.91 Å². The molecule has 0 radical (unpaired) electrons. The summed E-state index contributed by atoms with van der Waals surface area (Å²) in [6.07, 6.45) is 5.27. The predicted octanol–water partition coefficient (Wildman–Crippen LogP) is 2.41. The average molecular weight is 492 g/mol. The van der Waals surface area contributed by atoms with E-state index in [4.69, 9.17) is 0 Å². The van der Waals surface area contributed by atoms with Crippen LogP contribution in [0.25, 0.3) is 0 Å².